The smallest absolute Gasteiger partial charge is 0.187 e. The molecule has 0 bridgehead atoms. The number of halogens is 1. The quantitative estimate of drug-likeness (QED) is 0.575. The van der Waals surface area contributed by atoms with Crippen LogP contribution in [0.4, 0.5) is 10.1 Å². The number of fused-ring (bicyclic) bond motifs is 1. The monoisotopic (exact) mass is 429 g/mol. The van der Waals surface area contributed by atoms with Gasteiger partial charge in [0.05, 0.1) is 17.2 Å². The van der Waals surface area contributed by atoms with E-state index in [2.05, 4.69) is 13.5 Å². The number of hydrogen-bond acceptors (Lipinski definition) is 4. The van der Waals surface area contributed by atoms with Crippen molar-refractivity contribution < 1.29 is 17.5 Å². The van der Waals surface area contributed by atoms with Gasteiger partial charge in [0.2, 0.25) is 0 Å². The van der Waals surface area contributed by atoms with E-state index < -0.39 is 9.84 Å². The number of ether oxygens (including phenoxy) is 1. The van der Waals surface area contributed by atoms with Crippen LogP contribution in [0, 0.1) is 5.82 Å². The molecule has 0 N–H and O–H groups in total. The highest BCUT2D eigenvalue weighted by molar-refractivity contribution is 7.89. The number of benzene rings is 2. The summed E-state index contributed by atoms with van der Waals surface area (Å²) >= 11 is 0. The first kappa shape index (κ1) is 20.9. The molecule has 2 aromatic rings. The van der Waals surface area contributed by atoms with E-state index in [9.17, 15) is 12.8 Å². The van der Waals surface area contributed by atoms with Crippen molar-refractivity contribution in [1.29, 1.82) is 0 Å². The van der Waals surface area contributed by atoms with Crippen LogP contribution in [0.1, 0.15) is 67.4 Å². The Kier molecular flexibility index (Phi) is 5.62. The molecule has 0 amide bonds. The number of nitrogens with zero attached hydrogens (tertiary/aromatic N) is 1. The Balaban J connectivity index is 1.53. The highest BCUT2D eigenvalue weighted by atomic mass is 32.2. The zero-order valence-electron chi connectivity index (χ0n) is 17.5. The molecule has 0 aromatic heterocycles. The summed E-state index contributed by atoms with van der Waals surface area (Å²) in [5.74, 6) is 0.374. The molecule has 1 atom stereocenters. The third-order valence-electron chi connectivity index (χ3n) is 5.74. The highest BCUT2D eigenvalue weighted by Crippen LogP contribution is 2.41. The van der Waals surface area contributed by atoms with Crippen molar-refractivity contribution >= 4 is 15.5 Å². The average Bonchev–Trinajstić information content (AvgIpc) is 3.50. The number of anilines is 1. The normalized spacial score (nSPS) is 18.8. The number of hydrogen-bond donors (Lipinski definition) is 0. The molecule has 0 radical (unpaired) electrons. The van der Waals surface area contributed by atoms with Gasteiger partial charge in [-0.2, -0.15) is 0 Å². The van der Waals surface area contributed by atoms with Crippen LogP contribution >= 0.6 is 0 Å². The SMILES string of the molecule is C=C1OC(C)c2cc(CS(=O)(=O)Cc3ccc(C4CC4)c(F)c3)ccc2N1CCC. The number of rotatable bonds is 7. The molecule has 1 aliphatic heterocycles. The second-order valence-corrected chi connectivity index (χ2v) is 10.4. The van der Waals surface area contributed by atoms with Gasteiger partial charge in [-0.25, -0.2) is 12.8 Å². The maximum Gasteiger partial charge on any atom is 0.187 e. The molecule has 160 valence electrons. The zero-order valence-corrected chi connectivity index (χ0v) is 18.3. The summed E-state index contributed by atoms with van der Waals surface area (Å²) in [6, 6.07) is 10.6. The Bertz CT molecular complexity index is 1080. The minimum absolute atomic E-state index is 0.0896. The largest absolute Gasteiger partial charge is 0.471 e. The van der Waals surface area contributed by atoms with Crippen molar-refractivity contribution in [2.45, 2.75) is 56.6 Å². The van der Waals surface area contributed by atoms with Crippen molar-refractivity contribution in [1.82, 2.24) is 0 Å². The van der Waals surface area contributed by atoms with Gasteiger partial charge in [0.1, 0.15) is 11.9 Å². The number of sulfone groups is 1. The van der Waals surface area contributed by atoms with Crippen LogP contribution in [0.15, 0.2) is 48.9 Å². The lowest BCUT2D eigenvalue weighted by atomic mass is 10.0. The van der Waals surface area contributed by atoms with E-state index in [4.69, 9.17) is 4.74 Å². The molecule has 2 aliphatic rings. The fraction of sp³-hybridized carbons (Fsp3) is 0.417. The summed E-state index contributed by atoms with van der Waals surface area (Å²) in [6.07, 6.45) is 2.78. The molecule has 1 aliphatic carbocycles. The predicted molar refractivity (Wildman–Crippen MR) is 117 cm³/mol. The molecule has 2 aromatic carbocycles. The van der Waals surface area contributed by atoms with E-state index in [-0.39, 0.29) is 23.4 Å². The summed E-state index contributed by atoms with van der Waals surface area (Å²) in [5, 5.41) is 0. The highest BCUT2D eigenvalue weighted by Gasteiger charge is 2.28. The second kappa shape index (κ2) is 8.06. The Morgan fingerprint density at radius 1 is 1.10 bits per heavy atom. The van der Waals surface area contributed by atoms with E-state index in [0.717, 1.165) is 37.1 Å². The molecule has 1 heterocycles. The van der Waals surface area contributed by atoms with Crippen molar-refractivity contribution in [3.05, 3.63) is 76.9 Å². The van der Waals surface area contributed by atoms with Gasteiger partial charge in [-0.3, -0.25) is 0 Å². The van der Waals surface area contributed by atoms with Gasteiger partial charge in [0.25, 0.3) is 0 Å². The van der Waals surface area contributed by atoms with Gasteiger partial charge >= 0.3 is 0 Å². The zero-order chi connectivity index (χ0) is 21.5. The Morgan fingerprint density at radius 2 is 1.77 bits per heavy atom. The van der Waals surface area contributed by atoms with Gasteiger partial charge in [-0.05, 0) is 73.6 Å². The van der Waals surface area contributed by atoms with E-state index in [1.54, 1.807) is 12.1 Å². The van der Waals surface area contributed by atoms with Crippen molar-refractivity contribution in [3.63, 3.8) is 0 Å². The molecule has 1 fully saturated rings. The average molecular weight is 430 g/mol. The van der Waals surface area contributed by atoms with Crippen molar-refractivity contribution in [3.8, 4) is 0 Å². The predicted octanol–water partition coefficient (Wildman–Crippen LogP) is 5.60. The van der Waals surface area contributed by atoms with Crippen LogP contribution in [-0.4, -0.2) is 15.0 Å². The molecule has 0 spiro atoms. The van der Waals surface area contributed by atoms with Crippen LogP contribution in [0.2, 0.25) is 0 Å². The lowest BCUT2D eigenvalue weighted by Gasteiger charge is -2.36. The van der Waals surface area contributed by atoms with Crippen LogP contribution in [0.25, 0.3) is 0 Å². The van der Waals surface area contributed by atoms with Gasteiger partial charge in [-0.15, -0.1) is 0 Å². The third kappa shape index (κ3) is 4.38. The van der Waals surface area contributed by atoms with E-state index in [0.29, 0.717) is 28.5 Å². The fourth-order valence-corrected chi connectivity index (χ4v) is 5.62. The summed E-state index contributed by atoms with van der Waals surface area (Å²) in [4.78, 5) is 2.03. The fourth-order valence-electron chi connectivity index (χ4n) is 4.14. The summed E-state index contributed by atoms with van der Waals surface area (Å²) in [5.41, 5.74) is 3.89. The minimum Gasteiger partial charge on any atom is -0.471 e. The minimum atomic E-state index is -3.44. The first-order valence-corrected chi connectivity index (χ1v) is 12.3. The molecule has 4 rings (SSSR count). The standard InChI is InChI=1S/C24H28FNO3S/c1-4-11-26-17(3)29-16(2)22-12-18(6-10-24(22)26)14-30(27,28)15-19-5-9-21(20-7-8-20)23(25)13-19/h5-6,9-10,12-13,16,20H,3-4,7-8,11,14-15H2,1-2H3. The van der Waals surface area contributed by atoms with Crippen LogP contribution < -0.4 is 4.90 Å². The van der Waals surface area contributed by atoms with Gasteiger partial charge in [-0.1, -0.05) is 25.1 Å². The maximum absolute atomic E-state index is 14.3. The third-order valence-corrected chi connectivity index (χ3v) is 7.28. The first-order valence-electron chi connectivity index (χ1n) is 10.5. The van der Waals surface area contributed by atoms with E-state index in [1.165, 1.54) is 6.07 Å². The molecule has 6 heteroatoms. The molecular weight excluding hydrogens is 401 g/mol. The Morgan fingerprint density at radius 3 is 2.40 bits per heavy atom. The molecule has 1 unspecified atom stereocenters. The first-order chi connectivity index (χ1) is 14.3. The molecule has 4 nitrogen and oxygen atoms in total. The molecule has 0 saturated heterocycles. The maximum atomic E-state index is 14.3. The van der Waals surface area contributed by atoms with Crippen molar-refractivity contribution in [2.75, 3.05) is 11.4 Å². The topological polar surface area (TPSA) is 46.6 Å². The molecule has 30 heavy (non-hydrogen) atoms. The van der Waals surface area contributed by atoms with Crippen LogP contribution in [0.5, 0.6) is 0 Å². The molecular formula is C24H28FNO3S. The Hall–Kier alpha value is -2.34. The van der Waals surface area contributed by atoms with E-state index in [1.807, 2.05) is 30.0 Å². The summed E-state index contributed by atoms with van der Waals surface area (Å²) < 4.78 is 45.7. The van der Waals surface area contributed by atoms with Gasteiger partial charge in [0.15, 0.2) is 15.7 Å². The second-order valence-electron chi connectivity index (χ2n) is 8.36. The van der Waals surface area contributed by atoms with Gasteiger partial charge in [0, 0.05) is 12.1 Å². The summed E-state index contributed by atoms with van der Waals surface area (Å²) in [7, 11) is -3.44. The van der Waals surface area contributed by atoms with Crippen LogP contribution in [-0.2, 0) is 26.1 Å². The summed E-state index contributed by atoms with van der Waals surface area (Å²) in [6.45, 7) is 8.82. The van der Waals surface area contributed by atoms with Gasteiger partial charge < -0.3 is 9.64 Å². The van der Waals surface area contributed by atoms with Crippen LogP contribution in [0.3, 0.4) is 0 Å². The van der Waals surface area contributed by atoms with E-state index >= 15 is 0 Å². The Labute approximate surface area is 178 Å². The molecule has 1 saturated carbocycles. The lowest BCUT2D eigenvalue weighted by molar-refractivity contribution is 0.118. The lowest BCUT2D eigenvalue weighted by Crippen LogP contribution is -2.30. The van der Waals surface area contributed by atoms with Crippen molar-refractivity contribution in [2.24, 2.45) is 0 Å².